The number of hydrogen-bond donors (Lipinski definition) is 2. The Labute approximate surface area is 167 Å². The van der Waals surface area contributed by atoms with Gasteiger partial charge in [-0.3, -0.25) is 4.79 Å². The molecule has 5 nitrogen and oxygen atoms in total. The van der Waals surface area contributed by atoms with Crippen molar-refractivity contribution in [3.63, 3.8) is 0 Å². The highest BCUT2D eigenvalue weighted by molar-refractivity contribution is 5.78. The van der Waals surface area contributed by atoms with Gasteiger partial charge in [0.2, 0.25) is 5.91 Å². The van der Waals surface area contributed by atoms with Gasteiger partial charge in [-0.25, -0.2) is 4.68 Å². The largest absolute Gasteiger partial charge is 0.366 e. The maximum atomic E-state index is 11.6. The van der Waals surface area contributed by atoms with Crippen LogP contribution in [0, 0.1) is 11.3 Å². The summed E-state index contributed by atoms with van der Waals surface area (Å²) >= 11 is 0. The fourth-order valence-electron chi connectivity index (χ4n) is 4.82. The second kappa shape index (κ2) is 7.61. The van der Waals surface area contributed by atoms with Crippen molar-refractivity contribution < 1.29 is 4.79 Å². The number of para-hydroxylation sites is 1. The number of rotatable bonds is 5. The number of carbonyl (C=O) groups is 1. The first-order valence-electron chi connectivity index (χ1n) is 10.6. The van der Waals surface area contributed by atoms with Crippen molar-refractivity contribution in [3.05, 3.63) is 42.1 Å². The average molecular weight is 381 g/mol. The molecule has 0 bridgehead atoms. The van der Waals surface area contributed by atoms with E-state index in [2.05, 4.69) is 66.4 Å². The Bertz CT molecular complexity index is 826. The van der Waals surface area contributed by atoms with E-state index < -0.39 is 0 Å². The van der Waals surface area contributed by atoms with Crippen LogP contribution in [0.5, 0.6) is 0 Å². The van der Waals surface area contributed by atoms with Crippen molar-refractivity contribution in [3.8, 4) is 5.69 Å². The predicted octanol–water partition coefficient (Wildman–Crippen LogP) is 4.49. The Kier molecular flexibility index (Phi) is 5.17. The lowest BCUT2D eigenvalue weighted by Gasteiger charge is -2.35. The number of aromatic nitrogens is 2. The highest BCUT2D eigenvalue weighted by Crippen LogP contribution is 2.44. The lowest BCUT2D eigenvalue weighted by atomic mass is 9.71. The topological polar surface area (TPSA) is 59.0 Å². The fraction of sp³-hybridized carbons (Fsp3) is 0.565. The molecule has 150 valence electrons. The van der Waals surface area contributed by atoms with Crippen LogP contribution in [0.2, 0.25) is 0 Å². The van der Waals surface area contributed by atoms with Crippen LogP contribution in [0.4, 0.5) is 5.82 Å². The fourth-order valence-corrected chi connectivity index (χ4v) is 4.82. The van der Waals surface area contributed by atoms with E-state index in [1.165, 1.54) is 31.4 Å². The molecule has 1 saturated heterocycles. The molecule has 2 aromatic rings. The van der Waals surface area contributed by atoms with Crippen LogP contribution in [0.25, 0.3) is 5.69 Å². The summed E-state index contributed by atoms with van der Waals surface area (Å²) < 4.78 is 2.12. The van der Waals surface area contributed by atoms with Gasteiger partial charge in [0.25, 0.3) is 0 Å². The molecule has 2 heterocycles. The summed E-state index contributed by atoms with van der Waals surface area (Å²) in [7, 11) is 0. The van der Waals surface area contributed by atoms with Gasteiger partial charge in [-0.2, -0.15) is 5.10 Å². The van der Waals surface area contributed by atoms with Crippen molar-refractivity contribution in [1.82, 2.24) is 15.1 Å². The van der Waals surface area contributed by atoms with E-state index in [9.17, 15) is 4.79 Å². The van der Waals surface area contributed by atoms with Crippen molar-refractivity contribution in [1.29, 1.82) is 0 Å². The minimum absolute atomic E-state index is 0.151. The number of nitrogens with one attached hydrogen (secondary N) is 2. The summed E-state index contributed by atoms with van der Waals surface area (Å²) in [6.07, 6.45) is 5.58. The summed E-state index contributed by atoms with van der Waals surface area (Å²) in [4.78, 5) is 11.6. The zero-order valence-corrected chi connectivity index (χ0v) is 17.2. The molecule has 0 spiro atoms. The quantitative estimate of drug-likeness (QED) is 0.803. The van der Waals surface area contributed by atoms with Crippen molar-refractivity contribution in [2.45, 2.75) is 64.8 Å². The summed E-state index contributed by atoms with van der Waals surface area (Å²) in [5.74, 6) is 1.90. The number of carbonyl (C=O) groups excluding carboxylic acids is 1. The maximum Gasteiger partial charge on any atom is 0.220 e. The van der Waals surface area contributed by atoms with Gasteiger partial charge in [0.1, 0.15) is 5.82 Å². The van der Waals surface area contributed by atoms with Crippen LogP contribution in [-0.2, 0) is 4.79 Å². The van der Waals surface area contributed by atoms with Gasteiger partial charge in [0.05, 0.1) is 5.69 Å². The Morgan fingerprint density at radius 3 is 2.75 bits per heavy atom. The van der Waals surface area contributed by atoms with Crippen LogP contribution < -0.4 is 10.6 Å². The Morgan fingerprint density at radius 2 is 2.07 bits per heavy atom. The van der Waals surface area contributed by atoms with E-state index in [4.69, 9.17) is 5.10 Å². The summed E-state index contributed by atoms with van der Waals surface area (Å²) in [5, 5.41) is 11.4. The van der Waals surface area contributed by atoms with E-state index in [1.807, 2.05) is 6.07 Å². The Hall–Kier alpha value is -2.30. The van der Waals surface area contributed by atoms with E-state index >= 15 is 0 Å². The van der Waals surface area contributed by atoms with Crippen molar-refractivity contribution in [2.24, 2.45) is 11.3 Å². The molecule has 2 unspecified atom stereocenters. The smallest absolute Gasteiger partial charge is 0.220 e. The van der Waals surface area contributed by atoms with Gasteiger partial charge in [-0.15, -0.1) is 0 Å². The molecule has 1 aromatic carbocycles. The average Bonchev–Trinajstić information content (AvgIpc) is 3.28. The third-order valence-electron chi connectivity index (χ3n) is 6.45. The normalized spacial score (nSPS) is 25.3. The van der Waals surface area contributed by atoms with Gasteiger partial charge in [0, 0.05) is 42.6 Å². The molecule has 2 fully saturated rings. The van der Waals surface area contributed by atoms with Gasteiger partial charge >= 0.3 is 0 Å². The first-order chi connectivity index (χ1) is 13.4. The minimum atomic E-state index is 0.151. The van der Waals surface area contributed by atoms with Crippen molar-refractivity contribution >= 4 is 11.7 Å². The number of nitrogens with zero attached hydrogens (tertiary/aromatic N) is 2. The van der Waals surface area contributed by atoms with E-state index in [0.717, 1.165) is 18.1 Å². The molecule has 1 aromatic heterocycles. The Balaban J connectivity index is 1.61. The highest BCUT2D eigenvalue weighted by Gasteiger charge is 2.32. The van der Waals surface area contributed by atoms with Gasteiger partial charge in [-0.1, -0.05) is 38.5 Å². The zero-order valence-electron chi connectivity index (χ0n) is 17.2. The molecule has 0 radical (unpaired) electrons. The van der Waals surface area contributed by atoms with E-state index in [0.29, 0.717) is 23.7 Å². The van der Waals surface area contributed by atoms with Crippen LogP contribution in [0.3, 0.4) is 0 Å². The second-order valence-corrected chi connectivity index (χ2v) is 9.36. The third-order valence-corrected chi connectivity index (χ3v) is 6.45. The standard InChI is InChI=1S/C23H32N4O/c1-16(18-12-22(28)24-15-18)25-21-13-20(17-8-7-11-23(2,3)14-17)27(26-21)19-9-5-4-6-10-19/h4-6,9-10,13,16-18H,7-8,11-12,14-15H2,1-3H3,(H,24,28)(H,25,26)/t16?,17?,18-/m1/s1. The van der Waals surface area contributed by atoms with Gasteiger partial charge in [0.15, 0.2) is 0 Å². The highest BCUT2D eigenvalue weighted by atomic mass is 16.1. The third kappa shape index (κ3) is 4.08. The Morgan fingerprint density at radius 1 is 1.29 bits per heavy atom. The lowest BCUT2D eigenvalue weighted by molar-refractivity contribution is -0.119. The minimum Gasteiger partial charge on any atom is -0.366 e. The molecule has 1 aliphatic carbocycles. The summed E-state index contributed by atoms with van der Waals surface area (Å²) in [6.45, 7) is 7.66. The predicted molar refractivity (Wildman–Crippen MR) is 113 cm³/mol. The molecule has 5 heteroatoms. The molecule has 4 rings (SSSR count). The molecular formula is C23H32N4O. The first-order valence-corrected chi connectivity index (χ1v) is 10.6. The number of hydrogen-bond acceptors (Lipinski definition) is 3. The molecule has 3 atom stereocenters. The number of amides is 1. The molecule has 28 heavy (non-hydrogen) atoms. The van der Waals surface area contributed by atoms with Crippen LogP contribution >= 0.6 is 0 Å². The van der Waals surface area contributed by atoms with Gasteiger partial charge < -0.3 is 10.6 Å². The molecule has 2 aliphatic rings. The van der Waals surface area contributed by atoms with E-state index in [-0.39, 0.29) is 11.9 Å². The molecular weight excluding hydrogens is 348 g/mol. The van der Waals surface area contributed by atoms with Crippen molar-refractivity contribution in [2.75, 3.05) is 11.9 Å². The zero-order chi connectivity index (χ0) is 19.7. The van der Waals surface area contributed by atoms with Crippen LogP contribution in [-0.4, -0.2) is 28.3 Å². The second-order valence-electron chi connectivity index (χ2n) is 9.36. The monoisotopic (exact) mass is 380 g/mol. The molecule has 1 amide bonds. The molecule has 2 N–H and O–H groups in total. The summed E-state index contributed by atoms with van der Waals surface area (Å²) in [5.41, 5.74) is 2.79. The molecule has 1 saturated carbocycles. The van der Waals surface area contributed by atoms with Gasteiger partial charge in [-0.05, 0) is 43.7 Å². The lowest BCUT2D eigenvalue weighted by Crippen LogP contribution is -2.27. The first kappa shape index (κ1) is 19.0. The van der Waals surface area contributed by atoms with Crippen LogP contribution in [0.15, 0.2) is 36.4 Å². The number of benzene rings is 1. The van der Waals surface area contributed by atoms with Crippen LogP contribution in [0.1, 0.15) is 64.5 Å². The van der Waals surface area contributed by atoms with E-state index in [1.54, 1.807) is 0 Å². The molecule has 1 aliphatic heterocycles. The maximum absolute atomic E-state index is 11.6. The number of anilines is 1. The SMILES string of the molecule is CC(Nc1cc(C2CCCC(C)(C)C2)n(-c2ccccc2)n1)[C@H]1CNC(=O)C1. The summed E-state index contributed by atoms with van der Waals surface area (Å²) in [6, 6.07) is 12.9.